The maximum absolute atomic E-state index is 13.4. The van der Waals surface area contributed by atoms with E-state index in [9.17, 15) is 19.1 Å². The molecule has 0 unspecified atom stereocenters. The van der Waals surface area contributed by atoms with E-state index in [4.69, 9.17) is 4.74 Å². The molecular formula is C18H18FNO5S. The molecule has 6 nitrogen and oxygen atoms in total. The Morgan fingerprint density at radius 1 is 1.35 bits per heavy atom. The van der Waals surface area contributed by atoms with Crippen LogP contribution in [0.1, 0.15) is 9.67 Å². The number of hydrogen-bond acceptors (Lipinski definition) is 6. The van der Waals surface area contributed by atoms with E-state index in [-0.39, 0.29) is 19.0 Å². The molecule has 138 valence electrons. The topological polar surface area (TPSA) is 84.9 Å². The molecule has 0 saturated carbocycles. The third-order valence-corrected chi connectivity index (χ3v) is 4.28. The summed E-state index contributed by atoms with van der Waals surface area (Å²) in [6.07, 6.45) is 1.52. The Labute approximate surface area is 153 Å². The monoisotopic (exact) mass is 379 g/mol. The highest BCUT2D eigenvalue weighted by molar-refractivity contribution is 7.12. The number of esters is 1. The van der Waals surface area contributed by atoms with E-state index in [1.54, 1.807) is 11.4 Å². The number of hydrogen-bond donors (Lipinski definition) is 2. The first-order valence-electron chi connectivity index (χ1n) is 7.60. The minimum absolute atomic E-state index is 0.0551. The summed E-state index contributed by atoms with van der Waals surface area (Å²) in [6, 6.07) is 4.23. The highest BCUT2D eigenvalue weighted by atomic mass is 32.1. The van der Waals surface area contributed by atoms with Crippen LogP contribution in [0.25, 0.3) is 11.1 Å². The number of nitrogens with one attached hydrogen (secondary N) is 1. The standard InChI is InChI=1S/C18H18FNO5S/c1-3-4-25-9-15(18(23)24-2)20-17(22)16-7-12(10-26-16)11-5-13(19)8-14(21)6-11/h3,5-8,10,15,21H,1,4,9H2,2H3,(H,20,22)/t15-/m0/s1. The first kappa shape index (κ1) is 19.6. The van der Waals surface area contributed by atoms with Gasteiger partial charge in [-0.25, -0.2) is 9.18 Å². The molecule has 1 atom stereocenters. The number of thiophene rings is 1. The van der Waals surface area contributed by atoms with Gasteiger partial charge in [-0.3, -0.25) is 4.79 Å². The minimum Gasteiger partial charge on any atom is -0.508 e. The summed E-state index contributed by atoms with van der Waals surface area (Å²) in [5.74, 6) is -1.90. The van der Waals surface area contributed by atoms with Crippen LogP contribution in [-0.4, -0.2) is 43.3 Å². The lowest BCUT2D eigenvalue weighted by molar-refractivity contribution is -0.144. The van der Waals surface area contributed by atoms with Crippen molar-refractivity contribution in [2.75, 3.05) is 20.3 Å². The zero-order chi connectivity index (χ0) is 19.1. The molecule has 2 aromatic rings. The number of phenolic OH excluding ortho intramolecular Hbond substituents is 1. The SMILES string of the molecule is C=CCOC[C@H](NC(=O)c1cc(-c2cc(O)cc(F)c2)cs1)C(=O)OC. The van der Waals surface area contributed by atoms with E-state index in [1.807, 2.05) is 0 Å². The summed E-state index contributed by atoms with van der Waals surface area (Å²) in [7, 11) is 1.22. The van der Waals surface area contributed by atoms with Crippen LogP contribution in [-0.2, 0) is 14.3 Å². The zero-order valence-electron chi connectivity index (χ0n) is 14.0. The molecule has 0 aliphatic heterocycles. The molecule has 0 bridgehead atoms. The van der Waals surface area contributed by atoms with Crippen molar-refractivity contribution < 1.29 is 28.6 Å². The van der Waals surface area contributed by atoms with Gasteiger partial charge in [-0.2, -0.15) is 0 Å². The summed E-state index contributed by atoms with van der Waals surface area (Å²) in [5.41, 5.74) is 1.02. The average Bonchev–Trinajstić information content (AvgIpc) is 3.09. The molecule has 1 amide bonds. The number of rotatable bonds is 8. The van der Waals surface area contributed by atoms with Crippen LogP contribution in [0.15, 0.2) is 42.3 Å². The number of phenols is 1. The van der Waals surface area contributed by atoms with Crippen LogP contribution in [0.2, 0.25) is 0 Å². The van der Waals surface area contributed by atoms with Crippen molar-refractivity contribution >= 4 is 23.2 Å². The van der Waals surface area contributed by atoms with Crippen molar-refractivity contribution in [1.82, 2.24) is 5.32 Å². The average molecular weight is 379 g/mol. The normalized spacial score (nSPS) is 11.6. The van der Waals surface area contributed by atoms with Gasteiger partial charge in [-0.1, -0.05) is 6.08 Å². The lowest BCUT2D eigenvalue weighted by Gasteiger charge is -2.15. The second kappa shape index (κ2) is 9.12. The summed E-state index contributed by atoms with van der Waals surface area (Å²) in [6.45, 7) is 3.68. The Morgan fingerprint density at radius 3 is 2.77 bits per heavy atom. The van der Waals surface area contributed by atoms with Crippen LogP contribution in [0.3, 0.4) is 0 Å². The fourth-order valence-corrected chi connectivity index (χ4v) is 2.98. The van der Waals surface area contributed by atoms with Crippen LogP contribution in [0.4, 0.5) is 4.39 Å². The smallest absolute Gasteiger partial charge is 0.330 e. The van der Waals surface area contributed by atoms with Gasteiger partial charge in [-0.05, 0) is 34.7 Å². The molecule has 2 N–H and O–H groups in total. The van der Waals surface area contributed by atoms with E-state index >= 15 is 0 Å². The van der Waals surface area contributed by atoms with Gasteiger partial charge in [0.25, 0.3) is 5.91 Å². The van der Waals surface area contributed by atoms with E-state index in [0.29, 0.717) is 16.0 Å². The Bertz CT molecular complexity index is 784. The largest absolute Gasteiger partial charge is 0.508 e. The Morgan fingerprint density at radius 2 is 2.12 bits per heavy atom. The number of methoxy groups -OCH3 is 1. The van der Waals surface area contributed by atoms with Crippen molar-refractivity contribution in [3.8, 4) is 16.9 Å². The lowest BCUT2D eigenvalue weighted by atomic mass is 10.1. The van der Waals surface area contributed by atoms with Crippen LogP contribution in [0, 0.1) is 5.82 Å². The predicted molar refractivity (Wildman–Crippen MR) is 95.7 cm³/mol. The van der Waals surface area contributed by atoms with Crippen LogP contribution < -0.4 is 5.32 Å². The van der Waals surface area contributed by atoms with Gasteiger partial charge in [0.05, 0.1) is 25.2 Å². The number of aromatic hydroxyl groups is 1. The molecule has 0 spiro atoms. The minimum atomic E-state index is -0.962. The predicted octanol–water partition coefficient (Wildman–Crippen LogP) is 2.73. The van der Waals surface area contributed by atoms with Crippen molar-refractivity contribution in [1.29, 1.82) is 0 Å². The molecule has 8 heteroatoms. The summed E-state index contributed by atoms with van der Waals surface area (Å²) < 4.78 is 23.3. The third-order valence-electron chi connectivity index (χ3n) is 3.35. The molecule has 0 aliphatic rings. The van der Waals surface area contributed by atoms with E-state index in [0.717, 1.165) is 17.4 Å². The van der Waals surface area contributed by atoms with Gasteiger partial charge >= 0.3 is 5.97 Å². The quantitative estimate of drug-likeness (QED) is 0.419. The molecule has 2 rings (SSSR count). The molecular weight excluding hydrogens is 361 g/mol. The van der Waals surface area contributed by atoms with Crippen LogP contribution >= 0.6 is 11.3 Å². The molecule has 1 heterocycles. The fraction of sp³-hybridized carbons (Fsp3) is 0.222. The Hall–Kier alpha value is -2.71. The number of ether oxygens (including phenoxy) is 2. The first-order valence-corrected chi connectivity index (χ1v) is 8.48. The highest BCUT2D eigenvalue weighted by Gasteiger charge is 2.23. The molecule has 26 heavy (non-hydrogen) atoms. The number of amides is 1. The summed E-state index contributed by atoms with van der Waals surface area (Å²) in [4.78, 5) is 24.5. The molecule has 0 aliphatic carbocycles. The Balaban J connectivity index is 2.12. The van der Waals surface area contributed by atoms with Gasteiger partial charge in [0.1, 0.15) is 11.6 Å². The number of carbonyl (C=O) groups is 2. The lowest BCUT2D eigenvalue weighted by Crippen LogP contribution is -2.44. The Kier molecular flexibility index (Phi) is 6.88. The number of carbonyl (C=O) groups excluding carboxylic acids is 2. The summed E-state index contributed by atoms with van der Waals surface area (Å²) in [5, 5.41) is 13.7. The van der Waals surface area contributed by atoms with Crippen molar-refractivity contribution in [2.45, 2.75) is 6.04 Å². The maximum atomic E-state index is 13.4. The zero-order valence-corrected chi connectivity index (χ0v) is 14.8. The second-order valence-corrected chi connectivity index (χ2v) is 6.18. The molecule has 0 radical (unpaired) electrons. The van der Waals surface area contributed by atoms with Crippen LogP contribution in [0.5, 0.6) is 5.75 Å². The first-order chi connectivity index (χ1) is 12.4. The molecule has 0 fully saturated rings. The highest BCUT2D eigenvalue weighted by Crippen LogP contribution is 2.29. The van der Waals surface area contributed by atoms with Gasteiger partial charge in [0.2, 0.25) is 0 Å². The van der Waals surface area contributed by atoms with E-state index < -0.39 is 23.7 Å². The summed E-state index contributed by atoms with van der Waals surface area (Å²) >= 11 is 1.13. The van der Waals surface area contributed by atoms with Crippen molar-refractivity contribution in [3.63, 3.8) is 0 Å². The van der Waals surface area contributed by atoms with Gasteiger partial charge in [0.15, 0.2) is 6.04 Å². The van der Waals surface area contributed by atoms with Crippen molar-refractivity contribution in [2.24, 2.45) is 0 Å². The van der Waals surface area contributed by atoms with Gasteiger partial charge in [-0.15, -0.1) is 17.9 Å². The van der Waals surface area contributed by atoms with E-state index in [2.05, 4.69) is 16.6 Å². The van der Waals surface area contributed by atoms with E-state index in [1.165, 1.54) is 25.3 Å². The van der Waals surface area contributed by atoms with Gasteiger partial charge < -0.3 is 19.9 Å². The molecule has 1 aromatic carbocycles. The number of benzene rings is 1. The third kappa shape index (κ3) is 5.14. The fourth-order valence-electron chi connectivity index (χ4n) is 2.16. The van der Waals surface area contributed by atoms with Crippen molar-refractivity contribution in [3.05, 3.63) is 53.0 Å². The maximum Gasteiger partial charge on any atom is 0.330 e. The number of halogens is 1. The van der Waals surface area contributed by atoms with Gasteiger partial charge in [0, 0.05) is 6.07 Å². The molecule has 0 saturated heterocycles. The second-order valence-electron chi connectivity index (χ2n) is 5.27. The molecule has 1 aromatic heterocycles.